The number of benzene rings is 3. The molecule has 0 spiro atoms. The molecule has 2 amide bonds. The first-order chi connectivity index (χ1) is 17.5. The first-order valence-electron chi connectivity index (χ1n) is 12.8. The van der Waals surface area contributed by atoms with Gasteiger partial charge in [-0.2, -0.15) is 0 Å². The number of carbonyl (C=O) groups excluding carboxylic acids is 2. The van der Waals surface area contributed by atoms with Gasteiger partial charge in [0.25, 0.3) is 0 Å². The number of ether oxygens (including phenoxy) is 1. The van der Waals surface area contributed by atoms with Gasteiger partial charge in [0.15, 0.2) is 0 Å². The number of nitrogens with zero attached hydrogens (tertiary/aromatic N) is 1. The van der Waals surface area contributed by atoms with Gasteiger partial charge in [0.05, 0.1) is 13.5 Å². The number of nitrogens with one attached hydrogen (secondary N) is 1. The van der Waals surface area contributed by atoms with E-state index in [0.717, 1.165) is 53.7 Å². The molecule has 0 radical (unpaired) electrons. The molecule has 1 aliphatic carbocycles. The summed E-state index contributed by atoms with van der Waals surface area (Å²) in [6.07, 6.45) is 4.97. The highest BCUT2D eigenvalue weighted by molar-refractivity contribution is 5.89. The molecule has 1 aliphatic rings. The Morgan fingerprint density at radius 2 is 1.58 bits per heavy atom. The minimum absolute atomic E-state index is 0.0640. The van der Waals surface area contributed by atoms with E-state index >= 15 is 0 Å². The Morgan fingerprint density at radius 3 is 2.25 bits per heavy atom. The van der Waals surface area contributed by atoms with Gasteiger partial charge in [0.1, 0.15) is 11.8 Å². The van der Waals surface area contributed by atoms with Gasteiger partial charge in [-0.15, -0.1) is 0 Å². The van der Waals surface area contributed by atoms with Crippen LogP contribution >= 0.6 is 0 Å². The maximum atomic E-state index is 13.9. The Balaban J connectivity index is 1.65. The minimum Gasteiger partial charge on any atom is -0.497 e. The van der Waals surface area contributed by atoms with Crippen LogP contribution < -0.4 is 10.1 Å². The van der Waals surface area contributed by atoms with Crippen LogP contribution in [0.3, 0.4) is 0 Å². The molecule has 1 saturated carbocycles. The van der Waals surface area contributed by atoms with Gasteiger partial charge < -0.3 is 15.0 Å². The second-order valence-electron chi connectivity index (χ2n) is 9.67. The highest BCUT2D eigenvalue weighted by Gasteiger charge is 2.32. The molecular weight excluding hydrogens is 448 g/mol. The van der Waals surface area contributed by atoms with Crippen molar-refractivity contribution in [3.8, 4) is 5.75 Å². The second kappa shape index (κ2) is 12.4. The van der Waals surface area contributed by atoms with Crippen molar-refractivity contribution in [2.75, 3.05) is 7.11 Å². The van der Waals surface area contributed by atoms with E-state index in [-0.39, 0.29) is 24.3 Å². The fraction of sp³-hybridized carbons (Fsp3) is 0.355. The molecule has 1 N–H and O–H groups in total. The molecule has 188 valence electrons. The van der Waals surface area contributed by atoms with Gasteiger partial charge in [-0.3, -0.25) is 9.59 Å². The second-order valence-corrected chi connectivity index (χ2v) is 9.67. The molecule has 0 aromatic heterocycles. The average Bonchev–Trinajstić information content (AvgIpc) is 3.41. The van der Waals surface area contributed by atoms with Crippen LogP contribution in [0, 0.1) is 6.92 Å². The van der Waals surface area contributed by atoms with Crippen molar-refractivity contribution in [3.05, 3.63) is 101 Å². The largest absolute Gasteiger partial charge is 0.497 e. The molecule has 3 aromatic rings. The lowest BCUT2D eigenvalue weighted by molar-refractivity contribution is -0.141. The third-order valence-electron chi connectivity index (χ3n) is 7.09. The van der Waals surface area contributed by atoms with Crippen LogP contribution in [-0.4, -0.2) is 35.9 Å². The maximum absolute atomic E-state index is 13.9. The van der Waals surface area contributed by atoms with Crippen LogP contribution in [0.1, 0.15) is 47.9 Å². The van der Waals surface area contributed by atoms with Gasteiger partial charge in [-0.1, -0.05) is 79.6 Å². The fourth-order valence-electron chi connectivity index (χ4n) is 4.91. The molecule has 0 saturated heterocycles. The zero-order chi connectivity index (χ0) is 25.3. The molecule has 0 bridgehead atoms. The summed E-state index contributed by atoms with van der Waals surface area (Å²) in [6, 6.07) is 25.2. The number of hydrogen-bond donors (Lipinski definition) is 1. The molecular formula is C31H36N2O3. The van der Waals surface area contributed by atoms with E-state index in [1.54, 1.807) is 12.0 Å². The Hall–Kier alpha value is -3.60. The lowest BCUT2D eigenvalue weighted by Gasteiger charge is -2.33. The lowest BCUT2D eigenvalue weighted by Crippen LogP contribution is -2.52. The highest BCUT2D eigenvalue weighted by atomic mass is 16.5. The van der Waals surface area contributed by atoms with Gasteiger partial charge in [0, 0.05) is 19.0 Å². The SMILES string of the molecule is COc1ccc(CC(=O)N(Cc2ccccc2C)[C@H](Cc2ccccc2)C(=O)NC2CCCC2)cc1. The van der Waals surface area contributed by atoms with Gasteiger partial charge in [-0.05, 0) is 54.2 Å². The molecule has 5 heteroatoms. The summed E-state index contributed by atoms with van der Waals surface area (Å²) in [5.74, 6) is 0.620. The number of aryl methyl sites for hydroxylation is 1. The van der Waals surface area contributed by atoms with E-state index in [0.29, 0.717) is 13.0 Å². The van der Waals surface area contributed by atoms with Crippen molar-refractivity contribution in [3.63, 3.8) is 0 Å². The molecule has 36 heavy (non-hydrogen) atoms. The van der Waals surface area contributed by atoms with Crippen molar-refractivity contribution >= 4 is 11.8 Å². The van der Waals surface area contributed by atoms with E-state index < -0.39 is 6.04 Å². The van der Waals surface area contributed by atoms with Gasteiger partial charge in [-0.25, -0.2) is 0 Å². The quantitative estimate of drug-likeness (QED) is 0.428. The fourth-order valence-corrected chi connectivity index (χ4v) is 4.91. The molecule has 3 aromatic carbocycles. The Bertz CT molecular complexity index is 1140. The topological polar surface area (TPSA) is 58.6 Å². The summed E-state index contributed by atoms with van der Waals surface area (Å²) >= 11 is 0. The first kappa shape index (κ1) is 25.5. The highest BCUT2D eigenvalue weighted by Crippen LogP contribution is 2.22. The van der Waals surface area contributed by atoms with E-state index in [1.165, 1.54) is 0 Å². The van der Waals surface area contributed by atoms with E-state index in [4.69, 9.17) is 4.74 Å². The van der Waals surface area contributed by atoms with Gasteiger partial charge in [0.2, 0.25) is 11.8 Å². The summed E-state index contributed by atoms with van der Waals surface area (Å²) in [7, 11) is 1.63. The minimum atomic E-state index is -0.599. The predicted molar refractivity (Wildman–Crippen MR) is 143 cm³/mol. The van der Waals surface area contributed by atoms with Crippen LogP contribution in [0.5, 0.6) is 5.75 Å². The molecule has 4 rings (SSSR count). The summed E-state index contributed by atoms with van der Waals surface area (Å²) in [6.45, 7) is 2.43. The van der Waals surface area contributed by atoms with Crippen LogP contribution in [-0.2, 0) is 29.0 Å². The molecule has 1 atom stereocenters. The van der Waals surface area contributed by atoms with Crippen LogP contribution in [0.15, 0.2) is 78.9 Å². The summed E-state index contributed by atoms with van der Waals surface area (Å²) in [5, 5.41) is 3.26. The monoisotopic (exact) mass is 484 g/mol. The van der Waals surface area contributed by atoms with E-state index in [9.17, 15) is 9.59 Å². The Kier molecular flexibility index (Phi) is 8.77. The molecule has 5 nitrogen and oxygen atoms in total. The molecule has 0 heterocycles. The smallest absolute Gasteiger partial charge is 0.243 e. The predicted octanol–water partition coefficient (Wildman–Crippen LogP) is 5.25. The Labute approximate surface area is 214 Å². The normalized spacial score (nSPS) is 14.3. The van der Waals surface area contributed by atoms with Crippen molar-refractivity contribution < 1.29 is 14.3 Å². The number of carbonyl (C=O) groups is 2. The van der Waals surface area contributed by atoms with Crippen LogP contribution in [0.2, 0.25) is 0 Å². The number of rotatable bonds is 10. The number of hydrogen-bond acceptors (Lipinski definition) is 3. The van der Waals surface area contributed by atoms with Crippen molar-refractivity contribution in [1.82, 2.24) is 10.2 Å². The van der Waals surface area contributed by atoms with Crippen molar-refractivity contribution in [2.24, 2.45) is 0 Å². The lowest BCUT2D eigenvalue weighted by atomic mass is 10.00. The third kappa shape index (κ3) is 6.75. The van der Waals surface area contributed by atoms with Crippen molar-refractivity contribution in [2.45, 2.75) is 64.1 Å². The number of methoxy groups -OCH3 is 1. The standard InChI is InChI=1S/C31H36N2O3/c1-23-10-6-7-13-26(23)22-33(30(34)21-25-16-18-28(36-2)19-17-25)29(20-24-11-4-3-5-12-24)31(35)32-27-14-8-9-15-27/h3-7,10-13,16-19,27,29H,8-9,14-15,20-22H2,1-2H3,(H,32,35)/t29-/m1/s1. The average molecular weight is 485 g/mol. The zero-order valence-electron chi connectivity index (χ0n) is 21.3. The summed E-state index contributed by atoms with van der Waals surface area (Å²) in [5.41, 5.74) is 4.09. The Morgan fingerprint density at radius 1 is 0.917 bits per heavy atom. The molecule has 0 unspecified atom stereocenters. The first-order valence-corrected chi connectivity index (χ1v) is 12.8. The molecule has 1 fully saturated rings. The molecule has 0 aliphatic heterocycles. The summed E-state index contributed by atoms with van der Waals surface area (Å²) in [4.78, 5) is 29.4. The van der Waals surface area contributed by atoms with Crippen LogP contribution in [0.25, 0.3) is 0 Å². The van der Waals surface area contributed by atoms with E-state index in [2.05, 4.69) is 5.32 Å². The zero-order valence-corrected chi connectivity index (χ0v) is 21.3. The van der Waals surface area contributed by atoms with Crippen molar-refractivity contribution in [1.29, 1.82) is 0 Å². The van der Waals surface area contributed by atoms with E-state index in [1.807, 2.05) is 85.8 Å². The van der Waals surface area contributed by atoms with Gasteiger partial charge >= 0.3 is 0 Å². The maximum Gasteiger partial charge on any atom is 0.243 e. The summed E-state index contributed by atoms with van der Waals surface area (Å²) < 4.78 is 5.26. The number of amides is 2. The third-order valence-corrected chi connectivity index (χ3v) is 7.09. The van der Waals surface area contributed by atoms with Crippen LogP contribution in [0.4, 0.5) is 0 Å².